The lowest BCUT2D eigenvalue weighted by atomic mass is 9.86. The minimum absolute atomic E-state index is 0.615. The standard InChI is InChI=1S/C14H30N2/c1-13(2)16-12-11-15-10-6-9-14-7-4-3-5-8-14/h13-16H,3-12H2,1-2H3. The van der Waals surface area contributed by atoms with E-state index in [-0.39, 0.29) is 0 Å². The maximum Gasteiger partial charge on any atom is 0.00790 e. The van der Waals surface area contributed by atoms with Crippen LogP contribution < -0.4 is 10.6 Å². The van der Waals surface area contributed by atoms with Crippen molar-refractivity contribution in [3.63, 3.8) is 0 Å². The molecule has 0 heterocycles. The highest BCUT2D eigenvalue weighted by Gasteiger charge is 2.12. The van der Waals surface area contributed by atoms with E-state index >= 15 is 0 Å². The first-order valence-electron chi connectivity index (χ1n) is 7.23. The first-order chi connectivity index (χ1) is 7.79. The quantitative estimate of drug-likeness (QED) is 0.622. The third-order valence-corrected chi connectivity index (χ3v) is 3.55. The molecule has 0 bridgehead atoms. The van der Waals surface area contributed by atoms with E-state index in [9.17, 15) is 0 Å². The number of rotatable bonds is 8. The number of hydrogen-bond donors (Lipinski definition) is 2. The van der Waals surface area contributed by atoms with Crippen LogP contribution in [0.3, 0.4) is 0 Å². The Morgan fingerprint density at radius 1 is 1.00 bits per heavy atom. The summed E-state index contributed by atoms with van der Waals surface area (Å²) in [4.78, 5) is 0. The van der Waals surface area contributed by atoms with Crippen molar-refractivity contribution in [1.29, 1.82) is 0 Å². The van der Waals surface area contributed by atoms with Gasteiger partial charge in [0.15, 0.2) is 0 Å². The summed E-state index contributed by atoms with van der Waals surface area (Å²) in [7, 11) is 0. The molecule has 1 saturated carbocycles. The normalized spacial score (nSPS) is 18.2. The zero-order valence-electron chi connectivity index (χ0n) is 11.2. The highest BCUT2D eigenvalue weighted by molar-refractivity contribution is 4.66. The van der Waals surface area contributed by atoms with E-state index in [0.717, 1.165) is 19.0 Å². The number of hydrogen-bond acceptors (Lipinski definition) is 2. The lowest BCUT2D eigenvalue weighted by molar-refractivity contribution is 0.330. The molecule has 1 aliphatic rings. The summed E-state index contributed by atoms with van der Waals surface area (Å²) in [6.45, 7) is 7.81. The third-order valence-electron chi connectivity index (χ3n) is 3.55. The van der Waals surface area contributed by atoms with Gasteiger partial charge in [0.05, 0.1) is 0 Å². The molecule has 0 radical (unpaired) electrons. The van der Waals surface area contributed by atoms with Crippen molar-refractivity contribution in [2.45, 2.75) is 64.8 Å². The Balaban J connectivity index is 1.80. The summed E-state index contributed by atoms with van der Waals surface area (Å²) in [5, 5.41) is 6.94. The van der Waals surface area contributed by atoms with Gasteiger partial charge in [0, 0.05) is 19.1 Å². The lowest BCUT2D eigenvalue weighted by Crippen LogP contribution is -2.32. The molecule has 0 saturated heterocycles. The summed E-state index contributed by atoms with van der Waals surface area (Å²) < 4.78 is 0. The predicted octanol–water partition coefficient (Wildman–Crippen LogP) is 2.93. The van der Waals surface area contributed by atoms with E-state index in [1.807, 2.05) is 0 Å². The van der Waals surface area contributed by atoms with Crippen LogP contribution in [-0.4, -0.2) is 25.7 Å². The largest absolute Gasteiger partial charge is 0.315 e. The fraction of sp³-hybridized carbons (Fsp3) is 1.00. The first-order valence-corrected chi connectivity index (χ1v) is 7.23. The molecule has 0 atom stereocenters. The lowest BCUT2D eigenvalue weighted by Gasteiger charge is -2.21. The maximum atomic E-state index is 3.52. The van der Waals surface area contributed by atoms with Crippen LogP contribution >= 0.6 is 0 Å². The molecule has 1 fully saturated rings. The van der Waals surface area contributed by atoms with Gasteiger partial charge < -0.3 is 10.6 Å². The summed E-state index contributed by atoms with van der Waals surface area (Å²) in [6.07, 6.45) is 10.3. The fourth-order valence-corrected chi connectivity index (χ4v) is 2.57. The first kappa shape index (κ1) is 14.0. The smallest absolute Gasteiger partial charge is 0.00790 e. The second-order valence-corrected chi connectivity index (χ2v) is 5.51. The van der Waals surface area contributed by atoms with Crippen molar-refractivity contribution in [2.75, 3.05) is 19.6 Å². The Kier molecular flexibility index (Phi) is 7.87. The Labute approximate surface area is 102 Å². The second-order valence-electron chi connectivity index (χ2n) is 5.51. The van der Waals surface area contributed by atoms with Gasteiger partial charge in [-0.3, -0.25) is 0 Å². The third kappa shape index (κ3) is 7.24. The molecule has 0 aromatic rings. The summed E-state index contributed by atoms with van der Waals surface area (Å²) in [5.74, 6) is 1.05. The molecule has 0 aromatic carbocycles. The van der Waals surface area contributed by atoms with Crippen molar-refractivity contribution in [3.8, 4) is 0 Å². The maximum absolute atomic E-state index is 3.52. The number of nitrogens with one attached hydrogen (secondary N) is 2. The summed E-state index contributed by atoms with van der Waals surface area (Å²) in [6, 6.07) is 0.615. The Morgan fingerprint density at radius 3 is 2.44 bits per heavy atom. The van der Waals surface area contributed by atoms with Crippen molar-refractivity contribution >= 4 is 0 Å². The average molecular weight is 226 g/mol. The fourth-order valence-electron chi connectivity index (χ4n) is 2.57. The van der Waals surface area contributed by atoms with Gasteiger partial charge in [0.1, 0.15) is 0 Å². The van der Waals surface area contributed by atoms with Crippen LogP contribution in [0, 0.1) is 5.92 Å². The van der Waals surface area contributed by atoms with Crippen LogP contribution in [0.15, 0.2) is 0 Å². The molecule has 16 heavy (non-hydrogen) atoms. The molecule has 0 unspecified atom stereocenters. The van der Waals surface area contributed by atoms with Gasteiger partial charge in [-0.15, -0.1) is 0 Å². The molecule has 2 nitrogen and oxygen atoms in total. The zero-order valence-corrected chi connectivity index (χ0v) is 11.2. The molecular weight excluding hydrogens is 196 g/mol. The Morgan fingerprint density at radius 2 is 1.75 bits per heavy atom. The molecule has 0 aliphatic heterocycles. The van der Waals surface area contributed by atoms with Gasteiger partial charge in [0.2, 0.25) is 0 Å². The van der Waals surface area contributed by atoms with Crippen molar-refractivity contribution in [3.05, 3.63) is 0 Å². The highest BCUT2D eigenvalue weighted by Crippen LogP contribution is 2.26. The van der Waals surface area contributed by atoms with E-state index in [1.54, 1.807) is 0 Å². The molecule has 0 aromatic heterocycles. The van der Waals surface area contributed by atoms with Crippen LogP contribution in [-0.2, 0) is 0 Å². The van der Waals surface area contributed by atoms with Crippen LogP contribution in [0.2, 0.25) is 0 Å². The highest BCUT2D eigenvalue weighted by atomic mass is 14.9. The van der Waals surface area contributed by atoms with E-state index in [2.05, 4.69) is 24.5 Å². The Hall–Kier alpha value is -0.0800. The minimum Gasteiger partial charge on any atom is -0.315 e. The molecular formula is C14H30N2. The van der Waals surface area contributed by atoms with E-state index in [1.165, 1.54) is 51.5 Å². The molecule has 0 amide bonds. The SMILES string of the molecule is CC(C)NCCNCCCC1CCCCC1. The topological polar surface area (TPSA) is 24.1 Å². The second kappa shape index (κ2) is 9.00. The molecule has 0 spiro atoms. The molecule has 2 N–H and O–H groups in total. The van der Waals surface area contributed by atoms with Gasteiger partial charge >= 0.3 is 0 Å². The van der Waals surface area contributed by atoms with Crippen LogP contribution in [0.1, 0.15) is 58.8 Å². The van der Waals surface area contributed by atoms with Crippen molar-refractivity contribution in [2.24, 2.45) is 5.92 Å². The van der Waals surface area contributed by atoms with Gasteiger partial charge in [-0.05, 0) is 25.3 Å². The zero-order chi connectivity index (χ0) is 11.6. The van der Waals surface area contributed by atoms with Crippen molar-refractivity contribution in [1.82, 2.24) is 10.6 Å². The van der Waals surface area contributed by atoms with Crippen LogP contribution in [0.5, 0.6) is 0 Å². The van der Waals surface area contributed by atoms with Gasteiger partial charge in [-0.25, -0.2) is 0 Å². The summed E-state index contributed by atoms with van der Waals surface area (Å²) in [5.41, 5.74) is 0. The molecule has 96 valence electrons. The van der Waals surface area contributed by atoms with Crippen molar-refractivity contribution < 1.29 is 0 Å². The van der Waals surface area contributed by atoms with Crippen LogP contribution in [0.25, 0.3) is 0 Å². The van der Waals surface area contributed by atoms with E-state index < -0.39 is 0 Å². The van der Waals surface area contributed by atoms with Gasteiger partial charge in [-0.1, -0.05) is 46.0 Å². The minimum atomic E-state index is 0.615. The molecule has 1 rings (SSSR count). The molecule has 2 heteroatoms. The van der Waals surface area contributed by atoms with Gasteiger partial charge in [0.25, 0.3) is 0 Å². The van der Waals surface area contributed by atoms with Crippen LogP contribution in [0.4, 0.5) is 0 Å². The Bertz CT molecular complexity index is 151. The predicted molar refractivity (Wildman–Crippen MR) is 71.8 cm³/mol. The monoisotopic (exact) mass is 226 g/mol. The summed E-state index contributed by atoms with van der Waals surface area (Å²) >= 11 is 0. The van der Waals surface area contributed by atoms with E-state index in [4.69, 9.17) is 0 Å². The van der Waals surface area contributed by atoms with Gasteiger partial charge in [-0.2, -0.15) is 0 Å². The molecule has 1 aliphatic carbocycles. The average Bonchev–Trinajstić information content (AvgIpc) is 2.29. The van der Waals surface area contributed by atoms with E-state index in [0.29, 0.717) is 6.04 Å².